The normalized spacial score (nSPS) is 11.4. The maximum absolute atomic E-state index is 12.3. The highest BCUT2D eigenvalue weighted by Crippen LogP contribution is 2.25. The van der Waals surface area contributed by atoms with Gasteiger partial charge in [0.1, 0.15) is 0 Å². The second kappa shape index (κ2) is 4.22. The topological polar surface area (TPSA) is 60.2 Å². The second-order valence-electron chi connectivity index (χ2n) is 3.86. The predicted molar refractivity (Wildman–Crippen MR) is 67.5 cm³/mol. The molecule has 2 aromatic rings. The van der Waals surface area contributed by atoms with Gasteiger partial charge in [0, 0.05) is 0 Å². The monoisotopic (exact) mass is 247 g/mol. The third-order valence-corrected chi connectivity index (χ3v) is 4.33. The molecule has 0 spiro atoms. The molecular formula is C13H13NO2S. The van der Waals surface area contributed by atoms with Crippen LogP contribution in [0.2, 0.25) is 0 Å². The minimum Gasteiger partial charge on any atom is -0.398 e. The number of hydrogen-bond donors (Lipinski definition) is 1. The number of aryl methyl sites for hydroxylation is 1. The molecule has 88 valence electrons. The van der Waals surface area contributed by atoms with Crippen LogP contribution in [-0.2, 0) is 9.84 Å². The van der Waals surface area contributed by atoms with Crippen LogP contribution in [0.5, 0.6) is 0 Å². The Morgan fingerprint density at radius 2 is 1.71 bits per heavy atom. The Hall–Kier alpha value is -1.81. The summed E-state index contributed by atoms with van der Waals surface area (Å²) in [7, 11) is -3.52. The van der Waals surface area contributed by atoms with Gasteiger partial charge in [-0.3, -0.25) is 0 Å². The van der Waals surface area contributed by atoms with Gasteiger partial charge in [0.15, 0.2) is 0 Å². The molecule has 2 N–H and O–H groups in total. The Bertz CT molecular complexity index is 648. The highest BCUT2D eigenvalue weighted by atomic mass is 32.2. The maximum atomic E-state index is 12.3. The van der Waals surface area contributed by atoms with Crippen molar-refractivity contribution in [3.05, 3.63) is 54.1 Å². The number of rotatable bonds is 2. The first-order valence-electron chi connectivity index (χ1n) is 5.18. The lowest BCUT2D eigenvalue weighted by molar-refractivity contribution is 0.596. The van der Waals surface area contributed by atoms with E-state index < -0.39 is 9.84 Å². The number of nitrogen functional groups attached to an aromatic ring is 1. The van der Waals surface area contributed by atoms with Gasteiger partial charge in [0.25, 0.3) is 0 Å². The lowest BCUT2D eigenvalue weighted by Gasteiger charge is -2.07. The molecule has 0 atom stereocenters. The lowest BCUT2D eigenvalue weighted by atomic mass is 10.2. The maximum Gasteiger partial charge on any atom is 0.208 e. The zero-order valence-corrected chi connectivity index (χ0v) is 10.2. The quantitative estimate of drug-likeness (QED) is 0.829. The van der Waals surface area contributed by atoms with Crippen LogP contribution in [0.25, 0.3) is 0 Å². The zero-order chi connectivity index (χ0) is 12.5. The van der Waals surface area contributed by atoms with E-state index in [4.69, 9.17) is 5.73 Å². The van der Waals surface area contributed by atoms with Gasteiger partial charge in [-0.2, -0.15) is 0 Å². The fourth-order valence-corrected chi connectivity index (χ4v) is 3.12. The second-order valence-corrected chi connectivity index (χ2v) is 5.78. The first kappa shape index (κ1) is 11.7. The van der Waals surface area contributed by atoms with E-state index in [-0.39, 0.29) is 15.5 Å². The summed E-state index contributed by atoms with van der Waals surface area (Å²) in [6.07, 6.45) is 0. The Balaban J connectivity index is 2.63. The Morgan fingerprint density at radius 3 is 2.35 bits per heavy atom. The SMILES string of the molecule is Cc1cccc(S(=O)(=O)c2ccccc2N)c1. The molecule has 0 aliphatic carbocycles. The fraction of sp³-hybridized carbons (Fsp3) is 0.0769. The van der Waals surface area contributed by atoms with Gasteiger partial charge in [-0.05, 0) is 36.8 Å². The minimum absolute atomic E-state index is 0.158. The van der Waals surface area contributed by atoms with Crippen molar-refractivity contribution in [1.82, 2.24) is 0 Å². The summed E-state index contributed by atoms with van der Waals surface area (Å²) < 4.78 is 24.7. The molecule has 0 saturated heterocycles. The van der Waals surface area contributed by atoms with Gasteiger partial charge in [-0.25, -0.2) is 8.42 Å². The minimum atomic E-state index is -3.52. The van der Waals surface area contributed by atoms with Gasteiger partial charge < -0.3 is 5.73 Å². The molecular weight excluding hydrogens is 234 g/mol. The van der Waals surface area contributed by atoms with Crippen molar-refractivity contribution in [2.75, 3.05) is 5.73 Å². The number of anilines is 1. The highest BCUT2D eigenvalue weighted by Gasteiger charge is 2.19. The summed E-state index contributed by atoms with van der Waals surface area (Å²) in [6, 6.07) is 13.3. The zero-order valence-electron chi connectivity index (χ0n) is 9.42. The van der Waals surface area contributed by atoms with Crippen LogP contribution in [0, 0.1) is 6.92 Å². The van der Waals surface area contributed by atoms with E-state index in [1.54, 1.807) is 36.4 Å². The van der Waals surface area contributed by atoms with Crippen molar-refractivity contribution < 1.29 is 8.42 Å². The van der Waals surface area contributed by atoms with Gasteiger partial charge in [0.05, 0.1) is 15.5 Å². The third kappa shape index (κ3) is 2.17. The molecule has 0 amide bonds. The number of benzene rings is 2. The van der Waals surface area contributed by atoms with Crippen molar-refractivity contribution in [3.63, 3.8) is 0 Å². The molecule has 3 nitrogen and oxygen atoms in total. The van der Waals surface area contributed by atoms with Crippen molar-refractivity contribution in [2.45, 2.75) is 16.7 Å². The molecule has 0 radical (unpaired) electrons. The van der Waals surface area contributed by atoms with Crippen molar-refractivity contribution >= 4 is 15.5 Å². The molecule has 0 aliphatic rings. The van der Waals surface area contributed by atoms with E-state index in [9.17, 15) is 8.42 Å². The summed E-state index contributed by atoms with van der Waals surface area (Å²) in [6.45, 7) is 1.85. The average molecular weight is 247 g/mol. The summed E-state index contributed by atoms with van der Waals surface area (Å²) in [4.78, 5) is 0.431. The van der Waals surface area contributed by atoms with Crippen molar-refractivity contribution in [2.24, 2.45) is 0 Å². The van der Waals surface area contributed by atoms with E-state index in [1.807, 2.05) is 13.0 Å². The number of hydrogen-bond acceptors (Lipinski definition) is 3. The Morgan fingerprint density at radius 1 is 1.00 bits per heavy atom. The summed E-state index contributed by atoms with van der Waals surface area (Å²) >= 11 is 0. The first-order chi connectivity index (χ1) is 8.01. The van der Waals surface area contributed by atoms with Gasteiger partial charge in [0.2, 0.25) is 9.84 Å². The van der Waals surface area contributed by atoms with Crippen LogP contribution in [0.3, 0.4) is 0 Å². The molecule has 2 rings (SSSR count). The van der Waals surface area contributed by atoms with Crippen LogP contribution in [0.15, 0.2) is 58.3 Å². The standard InChI is InChI=1S/C13H13NO2S/c1-10-5-4-6-11(9-10)17(15,16)13-8-3-2-7-12(13)14/h2-9H,14H2,1H3. The van der Waals surface area contributed by atoms with E-state index in [0.717, 1.165) is 5.56 Å². The summed E-state index contributed by atoms with van der Waals surface area (Å²) in [5.41, 5.74) is 6.88. The summed E-state index contributed by atoms with van der Waals surface area (Å²) in [5.74, 6) is 0. The van der Waals surface area contributed by atoms with Crippen molar-refractivity contribution in [3.8, 4) is 0 Å². The summed E-state index contributed by atoms with van der Waals surface area (Å²) in [5, 5.41) is 0. The average Bonchev–Trinajstić information content (AvgIpc) is 2.29. The lowest BCUT2D eigenvalue weighted by Crippen LogP contribution is -2.05. The molecule has 2 aromatic carbocycles. The molecule has 0 heterocycles. The highest BCUT2D eigenvalue weighted by molar-refractivity contribution is 7.91. The largest absolute Gasteiger partial charge is 0.398 e. The number of para-hydroxylation sites is 1. The van der Waals surface area contributed by atoms with Gasteiger partial charge in [-0.1, -0.05) is 24.3 Å². The van der Waals surface area contributed by atoms with Gasteiger partial charge in [-0.15, -0.1) is 0 Å². The molecule has 0 fully saturated rings. The fourth-order valence-electron chi connectivity index (χ4n) is 1.63. The molecule has 17 heavy (non-hydrogen) atoms. The van der Waals surface area contributed by atoms with Crippen LogP contribution in [0.4, 0.5) is 5.69 Å². The molecule has 0 unspecified atom stereocenters. The Kier molecular flexibility index (Phi) is 2.90. The van der Waals surface area contributed by atoms with Crippen LogP contribution in [0.1, 0.15) is 5.56 Å². The van der Waals surface area contributed by atoms with Gasteiger partial charge >= 0.3 is 0 Å². The number of nitrogens with two attached hydrogens (primary N) is 1. The molecule has 0 saturated carbocycles. The predicted octanol–water partition coefficient (Wildman–Crippen LogP) is 2.41. The molecule has 4 heteroatoms. The van der Waals surface area contributed by atoms with E-state index in [2.05, 4.69) is 0 Å². The molecule has 0 bridgehead atoms. The Labute approximate surface area is 101 Å². The first-order valence-corrected chi connectivity index (χ1v) is 6.66. The van der Waals surface area contributed by atoms with Crippen LogP contribution >= 0.6 is 0 Å². The smallest absolute Gasteiger partial charge is 0.208 e. The number of sulfone groups is 1. The van der Waals surface area contributed by atoms with Crippen LogP contribution < -0.4 is 5.73 Å². The van der Waals surface area contributed by atoms with Crippen LogP contribution in [-0.4, -0.2) is 8.42 Å². The van der Waals surface area contributed by atoms with E-state index in [1.165, 1.54) is 6.07 Å². The van der Waals surface area contributed by atoms with Crippen molar-refractivity contribution in [1.29, 1.82) is 0 Å². The molecule has 0 aromatic heterocycles. The third-order valence-electron chi connectivity index (χ3n) is 2.51. The van der Waals surface area contributed by atoms with E-state index in [0.29, 0.717) is 0 Å². The molecule has 0 aliphatic heterocycles. The van der Waals surface area contributed by atoms with E-state index >= 15 is 0 Å².